The molecule has 1 aromatic heterocycles. The number of fused-ring (bicyclic) bond motifs is 1. The van der Waals surface area contributed by atoms with Crippen LogP contribution in [-0.2, 0) is 23.2 Å². The summed E-state index contributed by atoms with van der Waals surface area (Å²) in [5.41, 5.74) is 0.833. The molecule has 0 saturated carbocycles. The van der Waals surface area contributed by atoms with Crippen LogP contribution in [0.1, 0.15) is 20.8 Å². The van der Waals surface area contributed by atoms with Gasteiger partial charge < -0.3 is 10.6 Å². The summed E-state index contributed by atoms with van der Waals surface area (Å²) in [5.74, 6) is -0.649. The van der Waals surface area contributed by atoms with Gasteiger partial charge in [-0.05, 0) is 32.9 Å². The molecule has 23 heavy (non-hydrogen) atoms. The third-order valence-corrected chi connectivity index (χ3v) is 3.31. The van der Waals surface area contributed by atoms with E-state index >= 15 is 0 Å². The van der Waals surface area contributed by atoms with E-state index in [-0.39, 0.29) is 36.1 Å². The monoisotopic (exact) mass is 318 g/mol. The van der Waals surface area contributed by atoms with Crippen LogP contribution in [0.15, 0.2) is 29.1 Å². The van der Waals surface area contributed by atoms with Crippen molar-refractivity contribution in [2.75, 3.05) is 6.54 Å². The third-order valence-electron chi connectivity index (χ3n) is 3.31. The number of carbonyl (C=O) groups excluding carboxylic acids is 2. The van der Waals surface area contributed by atoms with Crippen molar-refractivity contribution in [2.24, 2.45) is 7.05 Å². The smallest absolute Gasteiger partial charge is 0.329 e. The molecule has 0 fully saturated rings. The van der Waals surface area contributed by atoms with Gasteiger partial charge in [-0.3, -0.25) is 18.7 Å². The van der Waals surface area contributed by atoms with E-state index in [0.717, 1.165) is 5.52 Å². The lowest BCUT2D eigenvalue weighted by Gasteiger charge is -2.20. The first-order valence-corrected chi connectivity index (χ1v) is 7.41. The molecule has 0 aliphatic heterocycles. The molecule has 1 aromatic carbocycles. The Morgan fingerprint density at radius 1 is 1.09 bits per heavy atom. The molecule has 0 saturated heterocycles. The molecule has 2 N–H and O–H groups in total. The van der Waals surface area contributed by atoms with Gasteiger partial charge in [0.1, 0.15) is 6.54 Å². The summed E-state index contributed by atoms with van der Waals surface area (Å²) in [6, 6.07) is 7.26. The Labute approximate surface area is 134 Å². The second-order valence-electron chi connectivity index (χ2n) is 6.49. The van der Waals surface area contributed by atoms with E-state index < -0.39 is 0 Å². The van der Waals surface area contributed by atoms with Crippen molar-refractivity contribution < 1.29 is 9.59 Å². The molecule has 2 aromatic rings. The molecular formula is C16H22N4O3. The van der Waals surface area contributed by atoms with Crippen LogP contribution in [0, 0.1) is 0 Å². The fraction of sp³-hybridized carbons (Fsp3) is 0.438. The summed E-state index contributed by atoms with van der Waals surface area (Å²) in [7, 11) is 1.66. The van der Waals surface area contributed by atoms with Gasteiger partial charge in [0.25, 0.3) is 0 Å². The van der Waals surface area contributed by atoms with Gasteiger partial charge in [-0.1, -0.05) is 12.1 Å². The Balaban J connectivity index is 2.06. The predicted octanol–water partition coefficient (Wildman–Crippen LogP) is 0.371. The van der Waals surface area contributed by atoms with E-state index in [0.29, 0.717) is 5.52 Å². The number of benzene rings is 1. The molecule has 0 radical (unpaired) electrons. The maximum absolute atomic E-state index is 12.2. The fourth-order valence-corrected chi connectivity index (χ4v) is 2.36. The average molecular weight is 318 g/mol. The number of nitrogens with one attached hydrogen (secondary N) is 2. The summed E-state index contributed by atoms with van der Waals surface area (Å²) < 4.78 is 2.89. The first-order valence-electron chi connectivity index (χ1n) is 7.41. The summed E-state index contributed by atoms with van der Waals surface area (Å²) in [6.45, 7) is 5.35. The van der Waals surface area contributed by atoms with Gasteiger partial charge in [-0.15, -0.1) is 0 Å². The molecule has 0 aliphatic carbocycles. The van der Waals surface area contributed by atoms with Crippen LogP contribution in [0.2, 0.25) is 0 Å². The van der Waals surface area contributed by atoms with Crippen LogP contribution in [0.3, 0.4) is 0 Å². The van der Waals surface area contributed by atoms with Gasteiger partial charge in [0.15, 0.2) is 0 Å². The molecule has 0 spiro atoms. The second kappa shape index (κ2) is 6.28. The molecule has 1 heterocycles. The summed E-state index contributed by atoms with van der Waals surface area (Å²) in [5, 5.41) is 5.29. The highest BCUT2D eigenvalue weighted by atomic mass is 16.2. The van der Waals surface area contributed by atoms with E-state index in [2.05, 4.69) is 10.6 Å². The normalized spacial score (nSPS) is 11.5. The number of nitrogens with zero attached hydrogens (tertiary/aromatic N) is 2. The first-order chi connectivity index (χ1) is 10.7. The quantitative estimate of drug-likeness (QED) is 0.854. The predicted molar refractivity (Wildman–Crippen MR) is 88.1 cm³/mol. The molecule has 0 atom stereocenters. The van der Waals surface area contributed by atoms with Crippen LogP contribution >= 0.6 is 0 Å². The molecule has 7 nitrogen and oxygen atoms in total. The van der Waals surface area contributed by atoms with E-state index in [9.17, 15) is 14.4 Å². The van der Waals surface area contributed by atoms with E-state index in [1.807, 2.05) is 39.0 Å². The average Bonchev–Trinajstić information content (AvgIpc) is 2.69. The molecular weight excluding hydrogens is 296 g/mol. The maximum Gasteiger partial charge on any atom is 0.329 e. The van der Waals surface area contributed by atoms with Crippen LogP contribution in [0.5, 0.6) is 0 Å². The van der Waals surface area contributed by atoms with Gasteiger partial charge in [0.05, 0.1) is 17.6 Å². The van der Waals surface area contributed by atoms with E-state index in [1.165, 1.54) is 9.13 Å². The summed E-state index contributed by atoms with van der Waals surface area (Å²) >= 11 is 0. The minimum Gasteiger partial charge on any atom is -0.350 e. The highest BCUT2D eigenvalue weighted by Crippen LogP contribution is 2.10. The van der Waals surface area contributed by atoms with Crippen LogP contribution < -0.4 is 16.3 Å². The van der Waals surface area contributed by atoms with Gasteiger partial charge >= 0.3 is 5.69 Å². The zero-order chi connectivity index (χ0) is 17.2. The minimum absolute atomic E-state index is 0.115. The van der Waals surface area contributed by atoms with Gasteiger partial charge in [-0.25, -0.2) is 4.79 Å². The zero-order valence-corrected chi connectivity index (χ0v) is 13.8. The van der Waals surface area contributed by atoms with Crippen molar-refractivity contribution in [3.63, 3.8) is 0 Å². The molecule has 124 valence electrons. The number of aryl methyl sites for hydroxylation is 1. The largest absolute Gasteiger partial charge is 0.350 e. The molecule has 7 heteroatoms. The number of para-hydroxylation sites is 2. The van der Waals surface area contributed by atoms with E-state index in [1.54, 1.807) is 13.1 Å². The Hall–Kier alpha value is -2.57. The Bertz CT molecular complexity index is 796. The fourth-order valence-electron chi connectivity index (χ4n) is 2.36. The number of aromatic nitrogens is 2. The number of carbonyl (C=O) groups is 2. The van der Waals surface area contributed by atoms with E-state index in [4.69, 9.17) is 0 Å². The van der Waals surface area contributed by atoms with Gasteiger partial charge in [0.2, 0.25) is 11.8 Å². The molecule has 2 amide bonds. The molecule has 0 unspecified atom stereocenters. The summed E-state index contributed by atoms with van der Waals surface area (Å²) in [4.78, 5) is 35.9. The standard InChI is InChI=1S/C16H22N4O3/c1-16(2,3)18-13(21)9-17-14(22)10-20-12-8-6-5-7-11(12)19(4)15(20)23/h5-8H,9-10H2,1-4H3,(H,17,22)(H,18,21). The number of imidazole rings is 1. The van der Waals surface area contributed by atoms with Crippen LogP contribution in [0.25, 0.3) is 11.0 Å². The molecule has 0 bridgehead atoms. The van der Waals surface area contributed by atoms with Crippen molar-refractivity contribution in [1.29, 1.82) is 0 Å². The molecule has 2 rings (SSSR count). The van der Waals surface area contributed by atoms with Crippen molar-refractivity contribution in [3.05, 3.63) is 34.7 Å². The van der Waals surface area contributed by atoms with Crippen LogP contribution in [-0.4, -0.2) is 33.0 Å². The first kappa shape index (κ1) is 16.8. The SMILES string of the molecule is Cn1c(=O)n(CC(=O)NCC(=O)NC(C)(C)C)c2ccccc21. The lowest BCUT2D eigenvalue weighted by atomic mass is 10.1. The topological polar surface area (TPSA) is 85.1 Å². The van der Waals surface area contributed by atoms with Gasteiger partial charge in [-0.2, -0.15) is 0 Å². The third kappa shape index (κ3) is 4.00. The Morgan fingerprint density at radius 2 is 1.70 bits per heavy atom. The van der Waals surface area contributed by atoms with Crippen molar-refractivity contribution in [3.8, 4) is 0 Å². The number of hydrogen-bond acceptors (Lipinski definition) is 3. The van der Waals surface area contributed by atoms with Crippen molar-refractivity contribution in [2.45, 2.75) is 32.9 Å². The summed E-state index contributed by atoms with van der Waals surface area (Å²) in [6.07, 6.45) is 0. The number of rotatable bonds is 4. The van der Waals surface area contributed by atoms with Crippen molar-refractivity contribution >= 4 is 22.8 Å². The Kier molecular flexibility index (Phi) is 4.58. The number of amides is 2. The van der Waals surface area contributed by atoms with Gasteiger partial charge in [0, 0.05) is 12.6 Å². The highest BCUT2D eigenvalue weighted by molar-refractivity contribution is 5.86. The molecule has 0 aliphatic rings. The lowest BCUT2D eigenvalue weighted by molar-refractivity contribution is -0.127. The second-order valence-corrected chi connectivity index (χ2v) is 6.49. The van der Waals surface area contributed by atoms with Crippen molar-refractivity contribution in [1.82, 2.24) is 19.8 Å². The Morgan fingerprint density at radius 3 is 2.30 bits per heavy atom. The zero-order valence-electron chi connectivity index (χ0n) is 13.8. The minimum atomic E-state index is -0.382. The lowest BCUT2D eigenvalue weighted by Crippen LogP contribution is -2.46. The maximum atomic E-state index is 12.2. The highest BCUT2D eigenvalue weighted by Gasteiger charge is 2.16. The number of hydrogen-bond donors (Lipinski definition) is 2. The van der Waals surface area contributed by atoms with Crippen LogP contribution in [0.4, 0.5) is 0 Å².